The highest BCUT2D eigenvalue weighted by Crippen LogP contribution is 2.44. The lowest BCUT2D eigenvalue weighted by molar-refractivity contribution is -0.389. The van der Waals surface area contributed by atoms with E-state index < -0.39 is 17.2 Å². The van der Waals surface area contributed by atoms with Gasteiger partial charge in [0.15, 0.2) is 0 Å². The molecule has 6 nitrogen and oxygen atoms in total. The summed E-state index contributed by atoms with van der Waals surface area (Å²) in [5.74, 6) is -1.81. The molecule has 0 amide bonds. The van der Waals surface area contributed by atoms with Gasteiger partial charge in [0.2, 0.25) is 11.6 Å². The van der Waals surface area contributed by atoms with Crippen LogP contribution in [0.15, 0.2) is 24.3 Å². The van der Waals surface area contributed by atoms with Crippen molar-refractivity contribution in [1.82, 2.24) is 0 Å². The Morgan fingerprint density at radius 1 is 0.957 bits per heavy atom. The van der Waals surface area contributed by atoms with E-state index in [4.69, 9.17) is 28.4 Å². The van der Waals surface area contributed by atoms with Gasteiger partial charge in [-0.05, 0) is 30.2 Å². The average Bonchev–Trinajstić information content (AvgIpc) is 2.70. The van der Waals surface area contributed by atoms with Gasteiger partial charge in [-0.3, -0.25) is 0 Å². The Morgan fingerprint density at radius 2 is 1.52 bits per heavy atom. The van der Waals surface area contributed by atoms with Gasteiger partial charge < -0.3 is 28.4 Å². The summed E-state index contributed by atoms with van der Waals surface area (Å²) in [4.78, 5) is 0. The van der Waals surface area contributed by atoms with Crippen LogP contribution < -0.4 is 0 Å². The van der Waals surface area contributed by atoms with Crippen LogP contribution in [0.4, 0.5) is 0 Å². The number of fused-ring (bicyclic) bond motifs is 1. The molecule has 2 fully saturated rings. The highest BCUT2D eigenvalue weighted by Gasteiger charge is 2.59. The summed E-state index contributed by atoms with van der Waals surface area (Å²) in [6, 6.07) is 0. The number of rotatable bonds is 5. The Kier molecular flexibility index (Phi) is 4.66. The summed E-state index contributed by atoms with van der Waals surface area (Å²) >= 11 is 0. The monoisotopic (exact) mass is 326 g/mol. The van der Waals surface area contributed by atoms with Crippen molar-refractivity contribution in [2.24, 2.45) is 5.92 Å². The number of ether oxygens (including phenoxy) is 6. The fourth-order valence-corrected chi connectivity index (χ4v) is 3.13. The van der Waals surface area contributed by atoms with Crippen LogP contribution in [0.2, 0.25) is 0 Å². The van der Waals surface area contributed by atoms with Crippen LogP contribution in [0, 0.1) is 5.92 Å². The highest BCUT2D eigenvalue weighted by atomic mass is 16.8. The molecule has 0 aromatic carbocycles. The molecule has 2 heterocycles. The molecule has 0 aromatic heterocycles. The van der Waals surface area contributed by atoms with E-state index in [-0.39, 0.29) is 6.10 Å². The third kappa shape index (κ3) is 2.67. The van der Waals surface area contributed by atoms with Gasteiger partial charge in [-0.2, -0.15) is 0 Å². The Bertz CT molecular complexity index is 457. The number of methoxy groups -OCH3 is 2. The molecule has 3 rings (SSSR count). The lowest BCUT2D eigenvalue weighted by Crippen LogP contribution is -2.61. The minimum absolute atomic E-state index is 0.0413. The summed E-state index contributed by atoms with van der Waals surface area (Å²) < 4.78 is 34.9. The molecule has 0 N–H and O–H groups in total. The Balaban J connectivity index is 1.90. The molecule has 0 aromatic rings. The Morgan fingerprint density at radius 3 is 1.91 bits per heavy atom. The Labute approximate surface area is 137 Å². The first kappa shape index (κ1) is 17.1. The minimum atomic E-state index is -1.14. The lowest BCUT2D eigenvalue weighted by atomic mass is 9.90. The minimum Gasteiger partial charge on any atom is -0.372 e. The standard InChI is InChI=1S/C17H26O6/c1-13(2)11-20-14-12-23-15(14)5-7-16(18-3)17(19-4,8-6-15)22-10-9-21-16/h5-8,13-14H,9-12H2,1-4H3/t14?,16-,17-/m0/s1. The SMILES string of the molecule is CO[C@]12C=CC3(C=C[C@]1(OC)OCCO2)OCC3OCC(C)C. The molecule has 6 heteroatoms. The van der Waals surface area contributed by atoms with Crippen LogP contribution in [0.25, 0.3) is 0 Å². The van der Waals surface area contributed by atoms with Crippen LogP contribution in [-0.4, -0.2) is 63.9 Å². The number of hydrogen-bond donors (Lipinski definition) is 0. The molecule has 0 saturated carbocycles. The molecular formula is C17H26O6. The predicted molar refractivity (Wildman–Crippen MR) is 82.9 cm³/mol. The Hall–Kier alpha value is -0.760. The zero-order chi connectivity index (χ0) is 16.6. The fourth-order valence-electron chi connectivity index (χ4n) is 3.13. The van der Waals surface area contributed by atoms with Crippen molar-refractivity contribution in [3.05, 3.63) is 24.3 Å². The van der Waals surface area contributed by atoms with E-state index >= 15 is 0 Å². The molecule has 2 aliphatic heterocycles. The maximum atomic E-state index is 5.98. The molecule has 0 bridgehead atoms. The number of hydrogen-bond acceptors (Lipinski definition) is 6. The average molecular weight is 326 g/mol. The van der Waals surface area contributed by atoms with E-state index in [1.165, 1.54) is 0 Å². The normalized spacial score (nSPS) is 38.4. The first-order valence-electron chi connectivity index (χ1n) is 8.06. The lowest BCUT2D eigenvalue weighted by Gasteiger charge is -2.46. The quantitative estimate of drug-likeness (QED) is 0.716. The molecule has 1 spiro atoms. The van der Waals surface area contributed by atoms with Gasteiger partial charge in [0.05, 0.1) is 19.8 Å². The second kappa shape index (κ2) is 6.27. The first-order chi connectivity index (χ1) is 11.0. The molecule has 1 aliphatic carbocycles. The van der Waals surface area contributed by atoms with Crippen molar-refractivity contribution in [3.8, 4) is 0 Å². The molecule has 130 valence electrons. The van der Waals surface area contributed by atoms with Crippen molar-refractivity contribution in [2.45, 2.75) is 37.1 Å². The first-order valence-corrected chi connectivity index (χ1v) is 8.06. The molecule has 3 aliphatic rings. The van der Waals surface area contributed by atoms with E-state index in [0.29, 0.717) is 32.3 Å². The fraction of sp³-hybridized carbons (Fsp3) is 0.765. The molecule has 3 atom stereocenters. The van der Waals surface area contributed by atoms with Crippen molar-refractivity contribution < 1.29 is 28.4 Å². The van der Waals surface area contributed by atoms with Gasteiger partial charge in [-0.1, -0.05) is 13.8 Å². The summed E-state index contributed by atoms with van der Waals surface area (Å²) in [6.07, 6.45) is 7.45. The zero-order valence-electron chi connectivity index (χ0n) is 14.2. The van der Waals surface area contributed by atoms with E-state index in [1.807, 2.05) is 24.3 Å². The van der Waals surface area contributed by atoms with Gasteiger partial charge in [0, 0.05) is 20.8 Å². The van der Waals surface area contributed by atoms with Gasteiger partial charge in [-0.25, -0.2) is 0 Å². The second-order valence-corrected chi connectivity index (χ2v) is 6.49. The molecular weight excluding hydrogens is 300 g/mol. The van der Waals surface area contributed by atoms with Gasteiger partial charge in [0.1, 0.15) is 11.7 Å². The van der Waals surface area contributed by atoms with E-state index in [9.17, 15) is 0 Å². The molecule has 0 radical (unpaired) electrons. The van der Waals surface area contributed by atoms with Gasteiger partial charge in [-0.15, -0.1) is 0 Å². The van der Waals surface area contributed by atoms with Gasteiger partial charge >= 0.3 is 0 Å². The van der Waals surface area contributed by atoms with Crippen LogP contribution in [0.3, 0.4) is 0 Å². The summed E-state index contributed by atoms with van der Waals surface area (Å²) in [5.41, 5.74) is -0.629. The van der Waals surface area contributed by atoms with Crippen molar-refractivity contribution >= 4 is 0 Å². The molecule has 2 saturated heterocycles. The summed E-state index contributed by atoms with van der Waals surface area (Å²) in [5, 5.41) is 0. The largest absolute Gasteiger partial charge is 0.372 e. The van der Waals surface area contributed by atoms with E-state index in [2.05, 4.69) is 13.8 Å². The summed E-state index contributed by atoms with van der Waals surface area (Å²) in [6.45, 7) is 6.36. The summed E-state index contributed by atoms with van der Waals surface area (Å²) in [7, 11) is 3.15. The van der Waals surface area contributed by atoms with Crippen LogP contribution in [0.1, 0.15) is 13.8 Å². The van der Waals surface area contributed by atoms with Crippen LogP contribution in [-0.2, 0) is 28.4 Å². The topological polar surface area (TPSA) is 55.4 Å². The van der Waals surface area contributed by atoms with E-state index in [1.54, 1.807) is 14.2 Å². The molecule has 23 heavy (non-hydrogen) atoms. The van der Waals surface area contributed by atoms with Crippen LogP contribution in [0.5, 0.6) is 0 Å². The zero-order valence-corrected chi connectivity index (χ0v) is 14.2. The van der Waals surface area contributed by atoms with Crippen LogP contribution >= 0.6 is 0 Å². The maximum Gasteiger partial charge on any atom is 0.248 e. The smallest absolute Gasteiger partial charge is 0.248 e. The molecule has 1 unspecified atom stereocenters. The second-order valence-electron chi connectivity index (χ2n) is 6.49. The third-order valence-electron chi connectivity index (χ3n) is 4.55. The maximum absolute atomic E-state index is 5.98. The van der Waals surface area contributed by atoms with Crippen molar-refractivity contribution in [1.29, 1.82) is 0 Å². The highest BCUT2D eigenvalue weighted by molar-refractivity contribution is 5.32. The predicted octanol–water partition coefficient (Wildman–Crippen LogP) is 1.65. The third-order valence-corrected chi connectivity index (χ3v) is 4.55. The van der Waals surface area contributed by atoms with Crippen molar-refractivity contribution in [2.75, 3.05) is 40.6 Å². The van der Waals surface area contributed by atoms with E-state index in [0.717, 1.165) is 0 Å². The van der Waals surface area contributed by atoms with Crippen molar-refractivity contribution in [3.63, 3.8) is 0 Å². The van der Waals surface area contributed by atoms with Gasteiger partial charge in [0.25, 0.3) is 0 Å².